The van der Waals surface area contributed by atoms with Crippen LogP contribution in [-0.4, -0.2) is 22.3 Å². The maximum absolute atomic E-state index is 11.7. The number of hydrogen-bond donors (Lipinski definition) is 0. The van der Waals surface area contributed by atoms with Gasteiger partial charge in [-0.2, -0.15) is 0 Å². The van der Waals surface area contributed by atoms with Crippen LogP contribution in [0.25, 0.3) is 0 Å². The lowest BCUT2D eigenvalue weighted by atomic mass is 10.1. The lowest BCUT2D eigenvalue weighted by Gasteiger charge is -2.16. The summed E-state index contributed by atoms with van der Waals surface area (Å²) in [6.07, 6.45) is 3.39. The van der Waals surface area contributed by atoms with Crippen LogP contribution in [0.3, 0.4) is 0 Å². The van der Waals surface area contributed by atoms with Crippen LogP contribution in [0.1, 0.15) is 25.3 Å². The van der Waals surface area contributed by atoms with Gasteiger partial charge in [0.15, 0.2) is 0 Å². The molecule has 1 aromatic heterocycles. The highest BCUT2D eigenvalue weighted by molar-refractivity contribution is 6.30. The fraction of sp³-hybridized carbons (Fsp3) is 0.500. The van der Waals surface area contributed by atoms with Crippen molar-refractivity contribution in [2.45, 2.75) is 26.3 Å². The van der Waals surface area contributed by atoms with Crippen LogP contribution < -0.4 is 0 Å². The van der Waals surface area contributed by atoms with Crippen molar-refractivity contribution in [2.75, 3.05) is 6.54 Å². The van der Waals surface area contributed by atoms with Gasteiger partial charge in [-0.25, -0.2) is 4.98 Å². The maximum Gasteiger partial charge on any atom is 0.223 e. The molecule has 1 unspecified atom stereocenters. The molecule has 0 N–H and O–H groups in total. The lowest BCUT2D eigenvalue weighted by Crippen LogP contribution is -2.24. The van der Waals surface area contributed by atoms with E-state index in [0.29, 0.717) is 24.0 Å². The average molecular weight is 239 g/mol. The minimum atomic E-state index is 0.228. The molecule has 1 aromatic rings. The molecule has 3 nitrogen and oxygen atoms in total. The molecule has 1 saturated heterocycles. The van der Waals surface area contributed by atoms with Gasteiger partial charge in [0.2, 0.25) is 5.91 Å². The minimum absolute atomic E-state index is 0.228. The van der Waals surface area contributed by atoms with E-state index in [4.69, 9.17) is 11.6 Å². The Morgan fingerprint density at radius 2 is 2.44 bits per heavy atom. The number of rotatable bonds is 3. The van der Waals surface area contributed by atoms with Crippen LogP contribution in [0, 0.1) is 5.92 Å². The fourth-order valence-electron chi connectivity index (χ4n) is 2.02. The molecular formula is C12H15ClN2O. The summed E-state index contributed by atoms with van der Waals surface area (Å²) in [6, 6.07) is 3.76. The number of likely N-dealkylation sites (tertiary alicyclic amines) is 1. The van der Waals surface area contributed by atoms with Crippen LogP contribution >= 0.6 is 11.6 Å². The van der Waals surface area contributed by atoms with Crippen molar-refractivity contribution in [3.63, 3.8) is 0 Å². The van der Waals surface area contributed by atoms with Crippen molar-refractivity contribution in [2.24, 2.45) is 5.92 Å². The van der Waals surface area contributed by atoms with Crippen molar-refractivity contribution in [1.29, 1.82) is 0 Å². The molecule has 1 atom stereocenters. The maximum atomic E-state index is 11.7. The van der Waals surface area contributed by atoms with Crippen molar-refractivity contribution in [3.8, 4) is 0 Å². The standard InChI is InChI=1S/C12H15ClN2O/c1-2-9-6-11(16)15(7-9)8-10-4-3-5-14-12(10)13/h3-5,9H,2,6-8H2,1H3. The second-order valence-electron chi connectivity index (χ2n) is 4.21. The van der Waals surface area contributed by atoms with E-state index in [9.17, 15) is 4.79 Å². The number of pyridine rings is 1. The number of aromatic nitrogens is 1. The molecule has 86 valence electrons. The molecular weight excluding hydrogens is 224 g/mol. The highest BCUT2D eigenvalue weighted by atomic mass is 35.5. The first-order chi connectivity index (χ1) is 7.70. The summed E-state index contributed by atoms with van der Waals surface area (Å²) in [4.78, 5) is 17.6. The van der Waals surface area contributed by atoms with Gasteiger partial charge in [-0.1, -0.05) is 31.0 Å². The number of carbonyl (C=O) groups excluding carboxylic acids is 1. The van der Waals surface area contributed by atoms with E-state index in [2.05, 4.69) is 11.9 Å². The Hall–Kier alpha value is -1.09. The summed E-state index contributed by atoms with van der Waals surface area (Å²) in [5, 5.41) is 0.496. The van der Waals surface area contributed by atoms with Gasteiger partial charge in [0.25, 0.3) is 0 Å². The first-order valence-electron chi connectivity index (χ1n) is 5.58. The summed E-state index contributed by atoms with van der Waals surface area (Å²) in [6.45, 7) is 3.56. The largest absolute Gasteiger partial charge is 0.338 e. The molecule has 2 rings (SSSR count). The summed E-state index contributed by atoms with van der Waals surface area (Å²) < 4.78 is 0. The van der Waals surface area contributed by atoms with E-state index >= 15 is 0 Å². The molecule has 1 amide bonds. The molecule has 2 heterocycles. The van der Waals surface area contributed by atoms with E-state index < -0.39 is 0 Å². The topological polar surface area (TPSA) is 33.2 Å². The van der Waals surface area contributed by atoms with E-state index in [1.807, 2.05) is 17.0 Å². The highest BCUT2D eigenvalue weighted by Crippen LogP contribution is 2.23. The Labute approximate surface area is 100 Å². The highest BCUT2D eigenvalue weighted by Gasteiger charge is 2.28. The van der Waals surface area contributed by atoms with Crippen molar-refractivity contribution in [3.05, 3.63) is 29.0 Å². The van der Waals surface area contributed by atoms with Gasteiger partial charge in [0, 0.05) is 31.3 Å². The smallest absolute Gasteiger partial charge is 0.223 e. The number of carbonyl (C=O) groups is 1. The molecule has 1 fully saturated rings. The SMILES string of the molecule is CCC1CC(=O)N(Cc2cccnc2Cl)C1. The quantitative estimate of drug-likeness (QED) is 0.758. The Balaban J connectivity index is 2.06. The van der Waals surface area contributed by atoms with Gasteiger partial charge < -0.3 is 4.90 Å². The lowest BCUT2D eigenvalue weighted by molar-refractivity contribution is -0.128. The zero-order valence-corrected chi connectivity index (χ0v) is 10.1. The van der Waals surface area contributed by atoms with E-state index in [1.54, 1.807) is 6.20 Å². The van der Waals surface area contributed by atoms with Crippen LogP contribution in [0.4, 0.5) is 0 Å². The molecule has 4 heteroatoms. The molecule has 0 aliphatic carbocycles. The normalized spacial score (nSPS) is 20.5. The summed E-state index contributed by atoms with van der Waals surface area (Å²) in [7, 11) is 0. The number of halogens is 1. The summed E-state index contributed by atoms with van der Waals surface area (Å²) >= 11 is 5.97. The first kappa shape index (κ1) is 11.4. The Bertz CT molecular complexity index is 394. The second kappa shape index (κ2) is 4.83. The zero-order chi connectivity index (χ0) is 11.5. The van der Waals surface area contributed by atoms with E-state index in [-0.39, 0.29) is 5.91 Å². The molecule has 0 bridgehead atoms. The van der Waals surface area contributed by atoms with Crippen LogP contribution in [0.5, 0.6) is 0 Å². The monoisotopic (exact) mass is 238 g/mol. The molecule has 0 radical (unpaired) electrons. The molecule has 0 saturated carbocycles. The molecule has 0 aromatic carbocycles. The van der Waals surface area contributed by atoms with Gasteiger partial charge in [-0.05, 0) is 12.0 Å². The van der Waals surface area contributed by atoms with Crippen molar-refractivity contribution < 1.29 is 4.79 Å². The van der Waals surface area contributed by atoms with Gasteiger partial charge in [-0.3, -0.25) is 4.79 Å². The van der Waals surface area contributed by atoms with E-state index in [1.165, 1.54) is 0 Å². The van der Waals surface area contributed by atoms with Crippen LogP contribution in [0.15, 0.2) is 18.3 Å². The first-order valence-corrected chi connectivity index (χ1v) is 5.95. The molecule has 1 aliphatic rings. The average Bonchev–Trinajstić information content (AvgIpc) is 2.63. The number of hydrogen-bond acceptors (Lipinski definition) is 2. The zero-order valence-electron chi connectivity index (χ0n) is 9.32. The fourth-order valence-corrected chi connectivity index (χ4v) is 2.20. The van der Waals surface area contributed by atoms with Gasteiger partial charge in [-0.15, -0.1) is 0 Å². The van der Waals surface area contributed by atoms with E-state index in [0.717, 1.165) is 18.5 Å². The number of nitrogens with zero attached hydrogens (tertiary/aromatic N) is 2. The minimum Gasteiger partial charge on any atom is -0.338 e. The van der Waals surface area contributed by atoms with Crippen LogP contribution in [0.2, 0.25) is 5.15 Å². The number of amides is 1. The molecule has 0 spiro atoms. The Kier molecular flexibility index (Phi) is 3.44. The third-order valence-corrected chi connectivity index (χ3v) is 3.41. The van der Waals surface area contributed by atoms with Crippen molar-refractivity contribution in [1.82, 2.24) is 9.88 Å². The molecule has 1 aliphatic heterocycles. The Morgan fingerprint density at radius 1 is 1.62 bits per heavy atom. The van der Waals surface area contributed by atoms with Gasteiger partial charge in [0.05, 0.1) is 0 Å². The van der Waals surface area contributed by atoms with Crippen molar-refractivity contribution >= 4 is 17.5 Å². The van der Waals surface area contributed by atoms with Crippen LogP contribution in [-0.2, 0) is 11.3 Å². The van der Waals surface area contributed by atoms with Gasteiger partial charge in [0.1, 0.15) is 5.15 Å². The predicted octanol–water partition coefficient (Wildman–Crippen LogP) is 2.49. The third kappa shape index (κ3) is 2.35. The third-order valence-electron chi connectivity index (χ3n) is 3.07. The second-order valence-corrected chi connectivity index (χ2v) is 4.56. The summed E-state index contributed by atoms with van der Waals surface area (Å²) in [5.41, 5.74) is 0.925. The molecule has 16 heavy (non-hydrogen) atoms. The Morgan fingerprint density at radius 3 is 3.06 bits per heavy atom. The summed E-state index contributed by atoms with van der Waals surface area (Å²) in [5.74, 6) is 0.731. The predicted molar refractivity (Wildman–Crippen MR) is 63.1 cm³/mol. The van der Waals surface area contributed by atoms with Gasteiger partial charge >= 0.3 is 0 Å².